The number of carbonyl (C=O) groups excluding carboxylic acids is 1. The molecule has 2 rings (SSSR count). The molecule has 2 aromatic rings. The lowest BCUT2D eigenvalue weighted by molar-refractivity contribution is 0.0499. The van der Waals surface area contributed by atoms with Gasteiger partial charge in [-0.25, -0.2) is 8.78 Å². The van der Waals surface area contributed by atoms with Crippen LogP contribution in [-0.4, -0.2) is 20.2 Å². The molecule has 0 radical (unpaired) electrons. The van der Waals surface area contributed by atoms with Crippen molar-refractivity contribution >= 4 is 29.5 Å². The van der Waals surface area contributed by atoms with Gasteiger partial charge >= 0.3 is 0 Å². The molecule has 0 aromatic heterocycles. The minimum absolute atomic E-state index is 0.00543. The second kappa shape index (κ2) is 8.80. The summed E-state index contributed by atoms with van der Waals surface area (Å²) in [5, 5.41) is -0.187. The zero-order valence-electron chi connectivity index (χ0n) is 14.5. The van der Waals surface area contributed by atoms with Crippen LogP contribution in [0.15, 0.2) is 18.2 Å². The minimum Gasteiger partial charge on any atom is -0.467 e. The first-order valence-electron chi connectivity index (χ1n) is 7.86. The molecule has 7 heteroatoms. The molecule has 0 saturated heterocycles. The average Bonchev–Trinajstić information content (AvgIpc) is 2.60. The van der Waals surface area contributed by atoms with Crippen LogP contribution in [0.2, 0.25) is 10.0 Å². The van der Waals surface area contributed by atoms with Gasteiger partial charge in [0.25, 0.3) is 0 Å². The van der Waals surface area contributed by atoms with E-state index in [4.69, 9.17) is 32.7 Å². The van der Waals surface area contributed by atoms with Gasteiger partial charge in [0, 0.05) is 24.1 Å². The molecule has 26 heavy (non-hydrogen) atoms. The molecule has 0 N–H and O–H groups in total. The smallest absolute Gasteiger partial charge is 0.188 e. The second-order valence-electron chi connectivity index (χ2n) is 6.00. The summed E-state index contributed by atoms with van der Waals surface area (Å²) < 4.78 is 39.4. The zero-order chi connectivity index (χ0) is 19.4. The molecular weight excluding hydrogens is 385 g/mol. The fraction of sp³-hybridized carbons (Fsp3) is 0.316. The predicted octanol–water partition coefficient (Wildman–Crippen LogP) is 5.78. The first-order valence-corrected chi connectivity index (χ1v) is 8.61. The minimum atomic E-state index is -0.870. The van der Waals surface area contributed by atoms with Gasteiger partial charge in [-0.1, -0.05) is 43.1 Å². The van der Waals surface area contributed by atoms with E-state index in [9.17, 15) is 9.18 Å². The highest BCUT2D eigenvalue weighted by Crippen LogP contribution is 2.35. The van der Waals surface area contributed by atoms with Crippen molar-refractivity contribution < 1.29 is 23.0 Å². The van der Waals surface area contributed by atoms with Crippen molar-refractivity contribution in [2.75, 3.05) is 13.9 Å². The molecule has 0 aliphatic carbocycles. The number of rotatable bonds is 7. The number of carbonyl (C=O) groups is 1. The van der Waals surface area contributed by atoms with Crippen molar-refractivity contribution in [2.45, 2.75) is 26.2 Å². The van der Waals surface area contributed by atoms with E-state index < -0.39 is 11.6 Å². The van der Waals surface area contributed by atoms with E-state index in [2.05, 4.69) is 0 Å². The third-order valence-corrected chi connectivity index (χ3v) is 4.64. The highest BCUT2D eigenvalue weighted by molar-refractivity contribution is 6.36. The maximum Gasteiger partial charge on any atom is 0.188 e. The van der Waals surface area contributed by atoms with Gasteiger partial charge in [0.1, 0.15) is 11.6 Å². The van der Waals surface area contributed by atoms with Crippen LogP contribution in [0.25, 0.3) is 0 Å². The van der Waals surface area contributed by atoms with Crippen molar-refractivity contribution in [3.05, 3.63) is 62.1 Å². The standard InChI is InChI=1S/C19H18Cl2F2O3/c1-10(2)16-15(26-9-25-3)5-4-11(18(16)22)6-13-14(20)7-12(8-24)19(23)17(13)21/h4-5,7-8,10H,6,9H2,1-3H3. The predicted molar refractivity (Wildman–Crippen MR) is 97.6 cm³/mol. The molecule has 140 valence electrons. The van der Waals surface area contributed by atoms with Crippen LogP contribution in [0.3, 0.4) is 0 Å². The maximum absolute atomic E-state index is 15.0. The topological polar surface area (TPSA) is 35.5 Å². The molecule has 0 unspecified atom stereocenters. The number of benzene rings is 2. The van der Waals surface area contributed by atoms with Gasteiger partial charge in [-0.15, -0.1) is 0 Å². The number of ether oxygens (including phenoxy) is 2. The normalized spacial score (nSPS) is 11.1. The summed E-state index contributed by atoms with van der Waals surface area (Å²) in [4.78, 5) is 10.9. The SMILES string of the molecule is COCOc1ccc(Cc2c(Cl)cc(C=O)c(F)c2Cl)c(F)c1C(C)C. The number of aldehydes is 1. The largest absolute Gasteiger partial charge is 0.467 e. The van der Waals surface area contributed by atoms with E-state index in [1.54, 1.807) is 6.07 Å². The van der Waals surface area contributed by atoms with Crippen LogP contribution in [0.4, 0.5) is 8.78 Å². The molecule has 0 spiro atoms. The van der Waals surface area contributed by atoms with Gasteiger partial charge in [-0.2, -0.15) is 0 Å². The number of halogens is 4. The molecule has 0 saturated carbocycles. The lowest BCUT2D eigenvalue weighted by Crippen LogP contribution is -2.07. The Morgan fingerprint density at radius 1 is 1.19 bits per heavy atom. The Kier molecular flexibility index (Phi) is 6.98. The highest BCUT2D eigenvalue weighted by atomic mass is 35.5. The Labute approximate surface area is 160 Å². The monoisotopic (exact) mass is 402 g/mol. The number of hydrogen-bond donors (Lipinski definition) is 0. The maximum atomic E-state index is 15.0. The Bertz CT molecular complexity index is 823. The zero-order valence-corrected chi connectivity index (χ0v) is 16.0. The summed E-state index contributed by atoms with van der Waals surface area (Å²) in [6.45, 7) is 3.66. The third kappa shape index (κ3) is 4.17. The molecule has 0 bridgehead atoms. The Hall–Kier alpha value is -1.69. The van der Waals surface area contributed by atoms with Crippen LogP contribution in [0, 0.1) is 11.6 Å². The molecule has 0 amide bonds. The van der Waals surface area contributed by atoms with Crippen molar-refractivity contribution in [3.63, 3.8) is 0 Å². The summed E-state index contributed by atoms with van der Waals surface area (Å²) in [6.07, 6.45) is 0.306. The van der Waals surface area contributed by atoms with E-state index >= 15 is 4.39 Å². The third-order valence-electron chi connectivity index (χ3n) is 3.91. The Morgan fingerprint density at radius 3 is 2.46 bits per heavy atom. The molecule has 3 nitrogen and oxygen atoms in total. The van der Waals surface area contributed by atoms with Gasteiger partial charge in [0.05, 0.1) is 10.6 Å². The number of methoxy groups -OCH3 is 1. The van der Waals surface area contributed by atoms with Crippen molar-refractivity contribution in [2.24, 2.45) is 0 Å². The molecule has 0 fully saturated rings. The van der Waals surface area contributed by atoms with Gasteiger partial charge in [-0.05, 0) is 29.2 Å². The van der Waals surface area contributed by atoms with E-state index in [1.165, 1.54) is 19.2 Å². The van der Waals surface area contributed by atoms with Gasteiger partial charge < -0.3 is 9.47 Å². The fourth-order valence-electron chi connectivity index (χ4n) is 2.63. The second-order valence-corrected chi connectivity index (χ2v) is 6.79. The summed E-state index contributed by atoms with van der Waals surface area (Å²) in [7, 11) is 1.47. The van der Waals surface area contributed by atoms with Crippen LogP contribution in [-0.2, 0) is 11.2 Å². The molecular formula is C19H18Cl2F2O3. The van der Waals surface area contributed by atoms with Crippen molar-refractivity contribution in [1.82, 2.24) is 0 Å². The summed E-state index contributed by atoms with van der Waals surface area (Å²) in [6, 6.07) is 4.34. The average molecular weight is 403 g/mol. The van der Waals surface area contributed by atoms with E-state index in [1.807, 2.05) is 13.8 Å². The molecule has 0 atom stereocenters. The summed E-state index contributed by atoms with van der Waals surface area (Å²) in [5.41, 5.74) is 0.656. The lowest BCUT2D eigenvalue weighted by atomic mass is 9.95. The van der Waals surface area contributed by atoms with Crippen LogP contribution < -0.4 is 4.74 Å². The summed E-state index contributed by atoms with van der Waals surface area (Å²) in [5.74, 6) is -1.11. The van der Waals surface area contributed by atoms with Crippen LogP contribution >= 0.6 is 23.2 Å². The quantitative estimate of drug-likeness (QED) is 0.334. The van der Waals surface area contributed by atoms with E-state index in [0.29, 0.717) is 23.2 Å². The molecule has 0 aliphatic heterocycles. The Morgan fingerprint density at radius 2 is 1.88 bits per heavy atom. The van der Waals surface area contributed by atoms with Gasteiger partial charge in [-0.3, -0.25) is 4.79 Å². The molecule has 0 heterocycles. The van der Waals surface area contributed by atoms with Gasteiger partial charge in [0.15, 0.2) is 18.9 Å². The molecule has 0 aliphatic rings. The van der Waals surface area contributed by atoms with Crippen LogP contribution in [0.5, 0.6) is 5.75 Å². The Balaban J connectivity index is 2.50. The summed E-state index contributed by atoms with van der Waals surface area (Å²) >= 11 is 12.1. The lowest BCUT2D eigenvalue weighted by Gasteiger charge is -2.18. The first kappa shape index (κ1) is 20.6. The number of hydrogen-bond acceptors (Lipinski definition) is 3. The van der Waals surface area contributed by atoms with Crippen molar-refractivity contribution in [1.29, 1.82) is 0 Å². The van der Waals surface area contributed by atoms with Crippen molar-refractivity contribution in [3.8, 4) is 5.75 Å². The first-order chi connectivity index (χ1) is 12.3. The molecule has 2 aromatic carbocycles. The van der Waals surface area contributed by atoms with Gasteiger partial charge in [0.2, 0.25) is 0 Å². The van der Waals surface area contributed by atoms with Crippen LogP contribution in [0.1, 0.15) is 46.8 Å². The fourth-order valence-corrected chi connectivity index (χ4v) is 3.24. The van der Waals surface area contributed by atoms with E-state index in [-0.39, 0.29) is 40.3 Å². The highest BCUT2D eigenvalue weighted by Gasteiger charge is 2.21. The van der Waals surface area contributed by atoms with E-state index in [0.717, 1.165) is 0 Å².